The summed E-state index contributed by atoms with van der Waals surface area (Å²) in [6.45, 7) is 3.51. The number of carbonyl (C=O) groups is 1. The zero-order chi connectivity index (χ0) is 15.5. The van der Waals surface area contributed by atoms with Gasteiger partial charge in [0.25, 0.3) is 0 Å². The van der Waals surface area contributed by atoms with Gasteiger partial charge in [-0.05, 0) is 31.7 Å². The second kappa shape index (κ2) is 8.13. The Hall–Kier alpha value is -1.10. The molecule has 1 aromatic carbocycles. The van der Waals surface area contributed by atoms with Gasteiger partial charge in [-0.15, -0.1) is 12.4 Å². The van der Waals surface area contributed by atoms with Crippen LogP contribution in [-0.2, 0) is 9.53 Å². The van der Waals surface area contributed by atoms with Crippen LogP contribution >= 0.6 is 12.4 Å². The number of carbonyl (C=O) groups excluding carboxylic acids is 1. The van der Waals surface area contributed by atoms with Crippen molar-refractivity contribution in [2.24, 2.45) is 5.73 Å². The Morgan fingerprint density at radius 1 is 1.26 bits per heavy atom. The zero-order valence-corrected chi connectivity index (χ0v) is 14.5. The number of likely N-dealkylation sites (tertiary alicyclic amines) is 1. The first kappa shape index (κ1) is 18.2. The van der Waals surface area contributed by atoms with Crippen molar-refractivity contribution in [3.63, 3.8) is 0 Å². The van der Waals surface area contributed by atoms with Crippen LogP contribution in [0.25, 0.3) is 0 Å². The Balaban J connectivity index is 0.00000192. The van der Waals surface area contributed by atoms with Crippen molar-refractivity contribution in [3.8, 4) is 0 Å². The lowest BCUT2D eigenvalue weighted by atomic mass is 9.95. The second-order valence-corrected chi connectivity index (χ2v) is 6.66. The number of amides is 1. The third-order valence-corrected chi connectivity index (χ3v) is 4.95. The van der Waals surface area contributed by atoms with Crippen LogP contribution in [0, 0.1) is 0 Å². The predicted octanol–water partition coefficient (Wildman–Crippen LogP) is 2.71. The number of nitrogens with two attached hydrogens (primary N) is 1. The largest absolute Gasteiger partial charge is 0.375 e. The van der Waals surface area contributed by atoms with Crippen LogP contribution in [0.5, 0.6) is 0 Å². The van der Waals surface area contributed by atoms with Crippen LogP contribution in [0.2, 0.25) is 0 Å². The SMILES string of the molecule is CC1CCC(CCC(=O)N2C[C@@H](N)[C@H](c3ccccc3)C2)O1.Cl. The quantitative estimate of drug-likeness (QED) is 0.918. The van der Waals surface area contributed by atoms with Gasteiger partial charge in [-0.2, -0.15) is 0 Å². The van der Waals surface area contributed by atoms with Gasteiger partial charge in [0.05, 0.1) is 12.2 Å². The molecular weight excluding hydrogens is 312 g/mol. The van der Waals surface area contributed by atoms with Gasteiger partial charge in [0, 0.05) is 31.5 Å². The maximum Gasteiger partial charge on any atom is 0.222 e. The minimum atomic E-state index is 0. The molecule has 0 radical (unpaired) electrons. The highest BCUT2D eigenvalue weighted by molar-refractivity contribution is 5.85. The van der Waals surface area contributed by atoms with E-state index in [0.717, 1.165) is 25.8 Å². The van der Waals surface area contributed by atoms with Gasteiger partial charge >= 0.3 is 0 Å². The first-order valence-electron chi connectivity index (χ1n) is 8.37. The van der Waals surface area contributed by atoms with E-state index in [1.54, 1.807) is 0 Å². The fourth-order valence-electron chi connectivity index (χ4n) is 3.63. The summed E-state index contributed by atoms with van der Waals surface area (Å²) in [6, 6.07) is 10.3. The van der Waals surface area contributed by atoms with Gasteiger partial charge in [-0.1, -0.05) is 30.3 Å². The third kappa shape index (κ3) is 4.46. The molecule has 0 aliphatic carbocycles. The van der Waals surface area contributed by atoms with Crippen molar-refractivity contribution >= 4 is 18.3 Å². The molecule has 3 rings (SSSR count). The highest BCUT2D eigenvalue weighted by Crippen LogP contribution is 2.28. The summed E-state index contributed by atoms with van der Waals surface area (Å²) in [5.74, 6) is 0.477. The van der Waals surface area contributed by atoms with Crippen LogP contribution in [0.1, 0.15) is 44.1 Å². The number of benzene rings is 1. The summed E-state index contributed by atoms with van der Waals surface area (Å²) >= 11 is 0. The van der Waals surface area contributed by atoms with Crippen molar-refractivity contribution in [2.45, 2.75) is 56.8 Å². The van der Waals surface area contributed by atoms with E-state index in [-0.39, 0.29) is 36.4 Å². The van der Waals surface area contributed by atoms with E-state index in [1.807, 2.05) is 23.1 Å². The Morgan fingerprint density at radius 3 is 2.65 bits per heavy atom. The van der Waals surface area contributed by atoms with E-state index in [0.29, 0.717) is 19.1 Å². The normalized spacial score (nSPS) is 30.3. The zero-order valence-electron chi connectivity index (χ0n) is 13.7. The molecule has 2 aliphatic heterocycles. The summed E-state index contributed by atoms with van der Waals surface area (Å²) in [4.78, 5) is 14.4. The molecule has 0 aromatic heterocycles. The molecule has 2 N–H and O–H groups in total. The number of hydrogen-bond acceptors (Lipinski definition) is 3. The molecule has 2 saturated heterocycles. The lowest BCUT2D eigenvalue weighted by Gasteiger charge is -2.18. The van der Waals surface area contributed by atoms with E-state index in [2.05, 4.69) is 19.1 Å². The van der Waals surface area contributed by atoms with Crippen molar-refractivity contribution in [1.82, 2.24) is 4.90 Å². The average molecular weight is 339 g/mol. The number of ether oxygens (including phenoxy) is 1. The molecule has 0 saturated carbocycles. The molecule has 2 fully saturated rings. The summed E-state index contributed by atoms with van der Waals surface area (Å²) in [7, 11) is 0. The molecule has 1 aromatic rings. The molecule has 5 heteroatoms. The van der Waals surface area contributed by atoms with Crippen molar-refractivity contribution in [1.29, 1.82) is 0 Å². The van der Waals surface area contributed by atoms with Crippen LogP contribution in [0.15, 0.2) is 30.3 Å². The van der Waals surface area contributed by atoms with E-state index >= 15 is 0 Å². The smallest absolute Gasteiger partial charge is 0.222 e. The van der Waals surface area contributed by atoms with Gasteiger partial charge < -0.3 is 15.4 Å². The third-order valence-electron chi connectivity index (χ3n) is 4.95. The summed E-state index contributed by atoms with van der Waals surface area (Å²) in [5, 5.41) is 0. The minimum Gasteiger partial charge on any atom is -0.375 e. The molecule has 0 spiro atoms. The standard InChI is InChI=1S/C18H26N2O2.ClH/c1-13-7-8-15(22-13)9-10-18(21)20-11-16(17(19)12-20)14-5-3-2-4-6-14;/h2-6,13,15-17H,7-12,19H2,1H3;1H/t13?,15?,16-,17+;/m0./s1. The average Bonchev–Trinajstić information content (AvgIpc) is 3.12. The molecule has 2 aliphatic rings. The number of hydrogen-bond donors (Lipinski definition) is 1. The van der Waals surface area contributed by atoms with Gasteiger partial charge in [-0.3, -0.25) is 4.79 Å². The number of halogens is 1. The monoisotopic (exact) mass is 338 g/mol. The van der Waals surface area contributed by atoms with Gasteiger partial charge in [-0.25, -0.2) is 0 Å². The van der Waals surface area contributed by atoms with E-state index < -0.39 is 0 Å². The Bertz CT molecular complexity index is 511. The van der Waals surface area contributed by atoms with Crippen LogP contribution in [-0.4, -0.2) is 42.1 Å². The minimum absolute atomic E-state index is 0. The lowest BCUT2D eigenvalue weighted by Crippen LogP contribution is -2.32. The van der Waals surface area contributed by atoms with Crippen molar-refractivity contribution in [2.75, 3.05) is 13.1 Å². The van der Waals surface area contributed by atoms with E-state index in [1.165, 1.54) is 5.56 Å². The molecule has 4 nitrogen and oxygen atoms in total. The molecule has 2 unspecified atom stereocenters. The molecule has 23 heavy (non-hydrogen) atoms. The molecule has 128 valence electrons. The Kier molecular flexibility index (Phi) is 6.45. The number of rotatable bonds is 4. The highest BCUT2D eigenvalue weighted by Gasteiger charge is 2.34. The maximum absolute atomic E-state index is 12.4. The molecule has 0 bridgehead atoms. The van der Waals surface area contributed by atoms with Gasteiger partial charge in [0.2, 0.25) is 5.91 Å². The summed E-state index contributed by atoms with van der Waals surface area (Å²) in [5.41, 5.74) is 7.49. The van der Waals surface area contributed by atoms with Gasteiger partial charge in [0.1, 0.15) is 0 Å². The summed E-state index contributed by atoms with van der Waals surface area (Å²) in [6.07, 6.45) is 4.23. The van der Waals surface area contributed by atoms with Crippen LogP contribution in [0.3, 0.4) is 0 Å². The molecular formula is C18H27ClN2O2. The fraction of sp³-hybridized carbons (Fsp3) is 0.611. The molecule has 4 atom stereocenters. The topological polar surface area (TPSA) is 55.6 Å². The van der Waals surface area contributed by atoms with Gasteiger partial charge in [0.15, 0.2) is 0 Å². The predicted molar refractivity (Wildman–Crippen MR) is 93.8 cm³/mol. The first-order valence-corrected chi connectivity index (χ1v) is 8.37. The molecule has 2 heterocycles. The van der Waals surface area contributed by atoms with Crippen molar-refractivity contribution < 1.29 is 9.53 Å². The fourth-order valence-corrected chi connectivity index (χ4v) is 3.63. The van der Waals surface area contributed by atoms with E-state index in [9.17, 15) is 4.79 Å². The summed E-state index contributed by atoms with van der Waals surface area (Å²) < 4.78 is 5.79. The van der Waals surface area contributed by atoms with Crippen LogP contribution < -0.4 is 5.73 Å². The van der Waals surface area contributed by atoms with Crippen molar-refractivity contribution in [3.05, 3.63) is 35.9 Å². The number of nitrogens with zero attached hydrogens (tertiary/aromatic N) is 1. The van der Waals surface area contributed by atoms with E-state index in [4.69, 9.17) is 10.5 Å². The Morgan fingerprint density at radius 2 is 2.00 bits per heavy atom. The maximum atomic E-state index is 12.4. The second-order valence-electron chi connectivity index (χ2n) is 6.66. The Labute approximate surface area is 144 Å². The lowest BCUT2D eigenvalue weighted by molar-refractivity contribution is -0.131. The van der Waals surface area contributed by atoms with Crippen LogP contribution in [0.4, 0.5) is 0 Å². The molecule has 1 amide bonds. The first-order chi connectivity index (χ1) is 10.6. The highest BCUT2D eigenvalue weighted by atomic mass is 35.5.